The molecule has 28 heavy (non-hydrogen) atoms. The zero-order chi connectivity index (χ0) is 20.1. The highest BCUT2D eigenvalue weighted by atomic mass is 16.6. The number of aromatic nitrogens is 2. The molecule has 1 heterocycles. The topological polar surface area (TPSA) is 113 Å². The molecule has 0 saturated heterocycles. The molecule has 2 N–H and O–H groups in total. The Morgan fingerprint density at radius 3 is 2.64 bits per heavy atom. The number of nitrogens with one attached hydrogen (secondary N) is 2. The molecule has 3 aromatic rings. The molecule has 0 spiro atoms. The molecule has 2 aromatic carbocycles. The summed E-state index contributed by atoms with van der Waals surface area (Å²) in [6, 6.07) is 15.7. The van der Waals surface area contributed by atoms with E-state index in [1.165, 1.54) is 17.7 Å². The Bertz CT molecular complexity index is 1040. The third kappa shape index (κ3) is 4.29. The normalized spacial score (nSPS) is 11.3. The molecular formula is C20H19N5O3. The minimum atomic E-state index is -0.478. The first-order valence-corrected chi connectivity index (χ1v) is 8.72. The number of benzene rings is 2. The van der Waals surface area contributed by atoms with Crippen LogP contribution in [0.5, 0.6) is 0 Å². The van der Waals surface area contributed by atoms with Crippen molar-refractivity contribution in [2.75, 3.05) is 0 Å². The second kappa shape index (κ2) is 8.26. The van der Waals surface area contributed by atoms with Crippen LogP contribution in [0.2, 0.25) is 0 Å². The minimum Gasteiger partial charge on any atom is -0.272 e. The average Bonchev–Trinajstić information content (AvgIpc) is 3.22. The fourth-order valence-corrected chi connectivity index (χ4v) is 2.60. The average molecular weight is 377 g/mol. The fraction of sp³-hybridized carbons (Fsp3) is 0.150. The van der Waals surface area contributed by atoms with Gasteiger partial charge >= 0.3 is 0 Å². The van der Waals surface area contributed by atoms with Gasteiger partial charge in [0.1, 0.15) is 5.69 Å². The highest BCUT2D eigenvalue weighted by Gasteiger charge is 2.12. The van der Waals surface area contributed by atoms with E-state index in [-0.39, 0.29) is 11.4 Å². The van der Waals surface area contributed by atoms with Crippen molar-refractivity contribution in [1.82, 2.24) is 15.6 Å². The second-order valence-electron chi connectivity index (χ2n) is 6.16. The Balaban J connectivity index is 1.71. The van der Waals surface area contributed by atoms with Crippen LogP contribution in [0, 0.1) is 10.1 Å². The molecular weight excluding hydrogens is 358 g/mol. The summed E-state index contributed by atoms with van der Waals surface area (Å²) in [6.45, 7) is 3.75. The van der Waals surface area contributed by atoms with Crippen LogP contribution in [0.15, 0.2) is 59.7 Å². The summed E-state index contributed by atoms with van der Waals surface area (Å²) in [4.78, 5) is 22.7. The van der Waals surface area contributed by atoms with Gasteiger partial charge in [-0.15, -0.1) is 0 Å². The van der Waals surface area contributed by atoms with Gasteiger partial charge in [0.05, 0.1) is 16.3 Å². The van der Waals surface area contributed by atoms with Crippen molar-refractivity contribution in [1.29, 1.82) is 0 Å². The molecule has 1 amide bonds. The molecule has 1 aromatic heterocycles. The van der Waals surface area contributed by atoms with E-state index in [9.17, 15) is 14.9 Å². The van der Waals surface area contributed by atoms with Crippen LogP contribution in [0.4, 0.5) is 5.69 Å². The smallest absolute Gasteiger partial charge is 0.272 e. The van der Waals surface area contributed by atoms with Crippen molar-refractivity contribution >= 4 is 17.3 Å². The number of carbonyl (C=O) groups is 1. The number of amides is 1. The summed E-state index contributed by atoms with van der Waals surface area (Å²) in [5.41, 5.74) is 6.46. The minimum absolute atomic E-state index is 0.0364. The molecule has 0 bridgehead atoms. The fourth-order valence-electron chi connectivity index (χ4n) is 2.60. The van der Waals surface area contributed by atoms with Gasteiger partial charge in [0.2, 0.25) is 0 Å². The lowest BCUT2D eigenvalue weighted by Gasteiger charge is -2.02. The first kappa shape index (κ1) is 19.0. The molecule has 0 aliphatic carbocycles. The quantitative estimate of drug-likeness (QED) is 0.387. The Labute approximate surface area is 161 Å². The number of nitro benzene ring substituents is 1. The number of non-ortho nitro benzene ring substituents is 1. The van der Waals surface area contributed by atoms with Crippen LogP contribution in [0.1, 0.15) is 35.5 Å². The molecule has 8 nitrogen and oxygen atoms in total. The van der Waals surface area contributed by atoms with Crippen molar-refractivity contribution in [3.8, 4) is 11.3 Å². The first-order valence-electron chi connectivity index (χ1n) is 8.72. The van der Waals surface area contributed by atoms with E-state index in [1.807, 2.05) is 24.3 Å². The molecule has 0 saturated carbocycles. The van der Waals surface area contributed by atoms with Crippen molar-refractivity contribution in [2.45, 2.75) is 20.3 Å². The monoisotopic (exact) mass is 377 g/mol. The van der Waals surface area contributed by atoms with Gasteiger partial charge in [-0.3, -0.25) is 20.0 Å². The zero-order valence-electron chi connectivity index (χ0n) is 15.5. The molecule has 0 radical (unpaired) electrons. The van der Waals surface area contributed by atoms with E-state index < -0.39 is 10.8 Å². The summed E-state index contributed by atoms with van der Waals surface area (Å²) in [7, 11) is 0. The van der Waals surface area contributed by atoms with E-state index >= 15 is 0 Å². The van der Waals surface area contributed by atoms with Gasteiger partial charge in [0.15, 0.2) is 0 Å². The first-order chi connectivity index (χ1) is 13.5. The Hall–Kier alpha value is -3.81. The highest BCUT2D eigenvalue weighted by molar-refractivity contribution is 6.01. The number of nitro groups is 1. The third-order valence-corrected chi connectivity index (χ3v) is 4.28. The Morgan fingerprint density at radius 2 is 1.96 bits per heavy atom. The summed E-state index contributed by atoms with van der Waals surface area (Å²) < 4.78 is 0. The van der Waals surface area contributed by atoms with Gasteiger partial charge in [-0.25, -0.2) is 5.43 Å². The number of hydrogen-bond donors (Lipinski definition) is 2. The van der Waals surface area contributed by atoms with Gasteiger partial charge in [-0.05, 0) is 25.0 Å². The number of hydrogen-bond acceptors (Lipinski definition) is 5. The number of hydrazone groups is 1. The third-order valence-electron chi connectivity index (χ3n) is 4.28. The van der Waals surface area contributed by atoms with Crippen LogP contribution in [-0.4, -0.2) is 26.7 Å². The van der Waals surface area contributed by atoms with Crippen molar-refractivity contribution in [3.63, 3.8) is 0 Å². The lowest BCUT2D eigenvalue weighted by atomic mass is 10.1. The lowest BCUT2D eigenvalue weighted by molar-refractivity contribution is -0.384. The number of aryl methyl sites for hydroxylation is 1. The SMILES string of the molecule is CCc1ccc(-c2cc(C(=O)N/N=C(/C)c3cccc([N+](=O)[O-])c3)[nH]n2)cc1. The number of nitrogens with zero attached hydrogens (tertiary/aromatic N) is 3. The van der Waals surface area contributed by atoms with E-state index in [0.717, 1.165) is 12.0 Å². The number of H-pyrrole nitrogens is 1. The maximum absolute atomic E-state index is 12.3. The predicted molar refractivity (Wildman–Crippen MR) is 106 cm³/mol. The van der Waals surface area contributed by atoms with Crippen LogP contribution in [0.25, 0.3) is 11.3 Å². The molecule has 8 heteroatoms. The summed E-state index contributed by atoms with van der Waals surface area (Å²) in [5, 5.41) is 21.8. The van der Waals surface area contributed by atoms with E-state index in [4.69, 9.17) is 0 Å². The Morgan fingerprint density at radius 1 is 1.21 bits per heavy atom. The van der Waals surface area contributed by atoms with Crippen LogP contribution in [0.3, 0.4) is 0 Å². The van der Waals surface area contributed by atoms with Crippen molar-refractivity contribution in [3.05, 3.63) is 81.5 Å². The highest BCUT2D eigenvalue weighted by Crippen LogP contribution is 2.19. The second-order valence-corrected chi connectivity index (χ2v) is 6.16. The van der Waals surface area contributed by atoms with Crippen molar-refractivity contribution < 1.29 is 9.72 Å². The Kier molecular flexibility index (Phi) is 5.59. The molecule has 0 atom stereocenters. The lowest BCUT2D eigenvalue weighted by Crippen LogP contribution is -2.19. The molecule has 0 fully saturated rings. The maximum Gasteiger partial charge on any atom is 0.289 e. The molecule has 142 valence electrons. The van der Waals surface area contributed by atoms with Crippen LogP contribution in [-0.2, 0) is 6.42 Å². The zero-order valence-corrected chi connectivity index (χ0v) is 15.5. The van der Waals surface area contributed by atoms with Gasteiger partial charge in [-0.1, -0.05) is 43.3 Å². The summed E-state index contributed by atoms with van der Waals surface area (Å²) in [5.74, 6) is -0.450. The number of aromatic amines is 1. The van der Waals surface area contributed by atoms with E-state index in [2.05, 4.69) is 27.6 Å². The van der Waals surface area contributed by atoms with Crippen LogP contribution >= 0.6 is 0 Å². The van der Waals surface area contributed by atoms with Crippen molar-refractivity contribution in [2.24, 2.45) is 5.10 Å². The summed E-state index contributed by atoms with van der Waals surface area (Å²) in [6.07, 6.45) is 0.955. The number of carbonyl (C=O) groups excluding carboxylic acids is 1. The van der Waals surface area contributed by atoms with Gasteiger partial charge < -0.3 is 0 Å². The molecule has 0 aliphatic heterocycles. The molecule has 3 rings (SSSR count). The van der Waals surface area contributed by atoms with E-state index in [1.54, 1.807) is 25.1 Å². The van der Waals surface area contributed by atoms with Gasteiger partial charge in [0, 0.05) is 23.3 Å². The van der Waals surface area contributed by atoms with Crippen LogP contribution < -0.4 is 5.43 Å². The van der Waals surface area contributed by atoms with Gasteiger partial charge in [0.25, 0.3) is 11.6 Å². The summed E-state index contributed by atoms with van der Waals surface area (Å²) >= 11 is 0. The largest absolute Gasteiger partial charge is 0.289 e. The number of rotatable bonds is 6. The maximum atomic E-state index is 12.3. The standard InChI is InChI=1S/C20H19N5O3/c1-3-14-7-9-15(10-8-14)18-12-19(23-22-18)20(26)24-21-13(2)16-5-4-6-17(11-16)25(27)28/h4-12H,3H2,1-2H3,(H,22,23)(H,24,26)/b21-13-. The molecule has 0 unspecified atom stereocenters. The molecule has 0 aliphatic rings. The van der Waals surface area contributed by atoms with Gasteiger partial charge in [-0.2, -0.15) is 10.2 Å². The van der Waals surface area contributed by atoms with E-state index in [0.29, 0.717) is 17.0 Å². The predicted octanol–water partition coefficient (Wildman–Crippen LogP) is 3.70.